The molecular weight excluding hydrogens is 715 g/mol. The van der Waals surface area contributed by atoms with E-state index >= 15 is 0 Å². The summed E-state index contributed by atoms with van der Waals surface area (Å²) in [5, 5.41) is 6.81. The fourth-order valence-electron chi connectivity index (χ4n) is 8.62. The third kappa shape index (κ3) is 6.17. The van der Waals surface area contributed by atoms with Gasteiger partial charge in [-0.05, 0) is 87.6 Å². The Morgan fingerprint density at radius 3 is 1.54 bits per heavy atom. The lowest BCUT2D eigenvalue weighted by molar-refractivity contribution is 1.30. The normalized spacial score (nSPS) is 11.4. The molecule has 59 heavy (non-hydrogen) atoms. The van der Waals surface area contributed by atoms with Crippen molar-refractivity contribution < 1.29 is 0 Å². The van der Waals surface area contributed by atoms with E-state index in [9.17, 15) is 0 Å². The highest BCUT2D eigenvalue weighted by molar-refractivity contribution is 6.27. The molecule has 0 saturated heterocycles. The van der Waals surface area contributed by atoms with Crippen LogP contribution in [0.3, 0.4) is 0 Å². The first-order valence-corrected chi connectivity index (χ1v) is 20.1. The average Bonchev–Trinajstić information content (AvgIpc) is 3.32. The van der Waals surface area contributed by atoms with Crippen LogP contribution in [-0.4, -0.2) is 9.97 Å². The van der Waals surface area contributed by atoms with Crippen LogP contribution < -0.4 is 4.90 Å². The number of nitrogens with zero attached hydrogens (tertiary/aromatic N) is 3. The Morgan fingerprint density at radius 2 is 0.847 bits per heavy atom. The van der Waals surface area contributed by atoms with Gasteiger partial charge in [-0.1, -0.05) is 170 Å². The van der Waals surface area contributed by atoms with E-state index in [2.05, 4.69) is 229 Å². The second kappa shape index (κ2) is 14.6. The predicted molar refractivity (Wildman–Crippen MR) is 248 cm³/mol. The summed E-state index contributed by atoms with van der Waals surface area (Å²) in [6.07, 6.45) is 0. The number of para-hydroxylation sites is 3. The topological polar surface area (TPSA) is 29.0 Å². The number of hydrogen-bond donors (Lipinski definition) is 0. The summed E-state index contributed by atoms with van der Waals surface area (Å²) in [6, 6.07) is 79.8. The fourth-order valence-corrected chi connectivity index (χ4v) is 8.62. The van der Waals surface area contributed by atoms with Gasteiger partial charge in [-0.25, -0.2) is 9.97 Å². The molecule has 11 rings (SSSR count). The quantitative estimate of drug-likeness (QED) is 0.152. The molecule has 0 aliphatic rings. The summed E-state index contributed by atoms with van der Waals surface area (Å²) in [5.41, 5.74) is 13.8. The molecule has 0 atom stereocenters. The molecule has 0 N–H and O–H groups in total. The van der Waals surface area contributed by atoms with Crippen LogP contribution in [0.4, 0.5) is 17.1 Å². The summed E-state index contributed by atoms with van der Waals surface area (Å²) < 4.78 is 0. The zero-order chi connectivity index (χ0) is 39.1. The number of rotatable bonds is 7. The molecule has 0 aliphatic heterocycles. The van der Waals surface area contributed by atoms with Crippen molar-refractivity contribution >= 4 is 60.4 Å². The lowest BCUT2D eigenvalue weighted by Crippen LogP contribution is -2.11. The Labute approximate surface area is 343 Å². The summed E-state index contributed by atoms with van der Waals surface area (Å²) in [7, 11) is 0. The summed E-state index contributed by atoms with van der Waals surface area (Å²) >= 11 is 0. The lowest BCUT2D eigenvalue weighted by Gasteiger charge is -2.28. The maximum atomic E-state index is 5.55. The minimum absolute atomic E-state index is 0.920. The van der Waals surface area contributed by atoms with Gasteiger partial charge in [-0.3, -0.25) is 0 Å². The molecule has 0 amide bonds. The van der Waals surface area contributed by atoms with Crippen LogP contribution in [0.2, 0.25) is 0 Å². The maximum absolute atomic E-state index is 5.55. The molecule has 2 heterocycles. The minimum Gasteiger partial charge on any atom is -0.310 e. The highest BCUT2D eigenvalue weighted by atomic mass is 15.1. The smallest absolute Gasteiger partial charge is 0.0809 e. The summed E-state index contributed by atoms with van der Waals surface area (Å²) in [5.74, 6) is 0. The third-order valence-electron chi connectivity index (χ3n) is 11.4. The van der Waals surface area contributed by atoms with Crippen molar-refractivity contribution in [1.82, 2.24) is 9.97 Å². The van der Waals surface area contributed by atoms with Crippen molar-refractivity contribution in [3.05, 3.63) is 224 Å². The zero-order valence-corrected chi connectivity index (χ0v) is 32.2. The first-order valence-electron chi connectivity index (χ1n) is 20.1. The van der Waals surface area contributed by atoms with Gasteiger partial charge in [0.05, 0.1) is 28.1 Å². The Balaban J connectivity index is 1.19. The van der Waals surface area contributed by atoms with Gasteiger partial charge >= 0.3 is 0 Å². The number of aromatic nitrogens is 2. The van der Waals surface area contributed by atoms with E-state index in [1.54, 1.807) is 0 Å². The van der Waals surface area contributed by atoms with Crippen LogP contribution in [0, 0.1) is 0 Å². The molecule has 276 valence electrons. The van der Waals surface area contributed by atoms with Crippen LogP contribution in [0.25, 0.3) is 88.1 Å². The van der Waals surface area contributed by atoms with Crippen molar-refractivity contribution in [2.24, 2.45) is 0 Å². The minimum atomic E-state index is 0.920. The second-order valence-electron chi connectivity index (χ2n) is 14.9. The average molecular weight is 752 g/mol. The molecule has 11 aromatic rings. The third-order valence-corrected chi connectivity index (χ3v) is 11.4. The van der Waals surface area contributed by atoms with Crippen LogP contribution in [0.15, 0.2) is 224 Å². The molecule has 0 saturated carbocycles. The van der Waals surface area contributed by atoms with E-state index in [-0.39, 0.29) is 0 Å². The maximum Gasteiger partial charge on any atom is 0.0809 e. The first kappa shape index (κ1) is 34.4. The molecule has 3 heteroatoms. The van der Waals surface area contributed by atoms with Gasteiger partial charge in [-0.2, -0.15) is 0 Å². The molecule has 9 aromatic carbocycles. The number of pyridine rings is 2. The van der Waals surface area contributed by atoms with Crippen molar-refractivity contribution in [1.29, 1.82) is 0 Å². The Kier molecular flexibility index (Phi) is 8.49. The van der Waals surface area contributed by atoms with Gasteiger partial charge in [0.25, 0.3) is 0 Å². The summed E-state index contributed by atoms with van der Waals surface area (Å²) in [6.45, 7) is 0. The van der Waals surface area contributed by atoms with Crippen molar-refractivity contribution in [2.45, 2.75) is 0 Å². The number of fused-ring (bicyclic) bond motifs is 6. The highest BCUT2D eigenvalue weighted by Crippen LogP contribution is 2.47. The Morgan fingerprint density at radius 1 is 0.322 bits per heavy atom. The monoisotopic (exact) mass is 751 g/mol. The first-order chi connectivity index (χ1) is 29.3. The van der Waals surface area contributed by atoms with Gasteiger partial charge < -0.3 is 4.90 Å². The van der Waals surface area contributed by atoms with Crippen LogP contribution >= 0.6 is 0 Å². The van der Waals surface area contributed by atoms with E-state index in [0.717, 1.165) is 88.7 Å². The van der Waals surface area contributed by atoms with Crippen molar-refractivity contribution in [3.63, 3.8) is 0 Å². The molecule has 0 spiro atoms. The van der Waals surface area contributed by atoms with Crippen LogP contribution in [-0.2, 0) is 0 Å². The SMILES string of the molecule is c1ccc(-c2ccc(-c3cc(-c4ccc5nc(-c6ccccc6)c6c(N(c7ccccc7)c7ccccc7)cc7ccccc7c6c5c4)nc4ccccc34)cc2)cc1. The van der Waals surface area contributed by atoms with Gasteiger partial charge in [0.1, 0.15) is 0 Å². The standard InChI is InChI=1S/C56H37N3/c1-5-17-38(18-6-1)39-29-31-40(32-30-39)48-37-52(57-50-28-16-15-27-47(48)50)43-33-34-51-49(35-43)54-46-26-14-13-21-42(46)36-53(55(54)56(58-51)41-19-7-2-8-20-41)59(44-22-9-3-10-23-44)45-24-11-4-12-25-45/h1-37H. The zero-order valence-electron chi connectivity index (χ0n) is 32.2. The van der Waals surface area contributed by atoms with Crippen LogP contribution in [0.1, 0.15) is 0 Å². The van der Waals surface area contributed by atoms with E-state index < -0.39 is 0 Å². The molecule has 2 aromatic heterocycles. The van der Waals surface area contributed by atoms with Crippen LogP contribution in [0.5, 0.6) is 0 Å². The predicted octanol–water partition coefficient (Wildman–Crippen LogP) is 15.2. The molecular formula is C56H37N3. The molecule has 0 fully saturated rings. The highest BCUT2D eigenvalue weighted by Gasteiger charge is 2.23. The fraction of sp³-hybridized carbons (Fsp3) is 0. The number of anilines is 3. The Hall–Kier alpha value is -7.88. The van der Waals surface area contributed by atoms with E-state index in [1.807, 2.05) is 0 Å². The van der Waals surface area contributed by atoms with Gasteiger partial charge in [0.15, 0.2) is 0 Å². The van der Waals surface area contributed by atoms with Crippen molar-refractivity contribution in [2.75, 3.05) is 4.90 Å². The molecule has 0 aliphatic carbocycles. The Bertz CT molecular complexity index is 3250. The van der Waals surface area contributed by atoms with Crippen molar-refractivity contribution in [3.8, 4) is 44.8 Å². The second-order valence-corrected chi connectivity index (χ2v) is 14.9. The van der Waals surface area contributed by atoms with Gasteiger partial charge in [-0.15, -0.1) is 0 Å². The summed E-state index contributed by atoms with van der Waals surface area (Å²) in [4.78, 5) is 13.2. The van der Waals surface area contributed by atoms with E-state index in [0.29, 0.717) is 0 Å². The molecule has 3 nitrogen and oxygen atoms in total. The molecule has 0 bridgehead atoms. The van der Waals surface area contributed by atoms with E-state index in [1.165, 1.54) is 16.5 Å². The van der Waals surface area contributed by atoms with E-state index in [4.69, 9.17) is 9.97 Å². The largest absolute Gasteiger partial charge is 0.310 e. The molecule has 0 unspecified atom stereocenters. The van der Waals surface area contributed by atoms with Gasteiger partial charge in [0.2, 0.25) is 0 Å². The number of hydrogen-bond acceptors (Lipinski definition) is 3. The molecule has 0 radical (unpaired) electrons. The number of benzene rings is 9. The van der Waals surface area contributed by atoms with Gasteiger partial charge in [0, 0.05) is 44.0 Å². The lowest BCUT2D eigenvalue weighted by atomic mass is 9.91.